The zero-order valence-electron chi connectivity index (χ0n) is 44.5. The molecule has 0 spiro atoms. The van der Waals surface area contributed by atoms with Crippen molar-refractivity contribution in [3.05, 3.63) is 128 Å². The number of amides is 4. The molecule has 0 radical (unpaired) electrons. The third kappa shape index (κ3) is 15.1. The second kappa shape index (κ2) is 26.0. The zero-order valence-corrected chi connectivity index (χ0v) is 47.7. The van der Waals surface area contributed by atoms with Crippen LogP contribution in [0.1, 0.15) is 152 Å². The van der Waals surface area contributed by atoms with Crippen molar-refractivity contribution < 1.29 is 67.7 Å². The molecule has 4 aromatic heterocycles. The number of anilines is 2. The van der Waals surface area contributed by atoms with Gasteiger partial charge >= 0.3 is 37.0 Å². The summed E-state index contributed by atoms with van der Waals surface area (Å²) in [5, 5.41) is 15.4. The summed E-state index contributed by atoms with van der Waals surface area (Å²) in [5.74, 6) is 11.9. The fourth-order valence-electron chi connectivity index (χ4n) is 8.67. The van der Waals surface area contributed by atoms with Gasteiger partial charge in [-0.15, -0.1) is 0 Å². The number of nitrogens with one attached hydrogen (secondary N) is 2. The zero-order chi connectivity index (χ0) is 55.2. The van der Waals surface area contributed by atoms with Crippen LogP contribution in [0, 0.1) is 0 Å². The molecule has 8 rings (SSSR count). The Morgan fingerprint density at radius 1 is 0.615 bits per heavy atom. The van der Waals surface area contributed by atoms with Crippen molar-refractivity contribution in [2.75, 3.05) is 35.4 Å². The maximum atomic E-state index is 13.0. The second-order valence-electron chi connectivity index (χ2n) is 20.1. The van der Waals surface area contributed by atoms with Crippen LogP contribution in [0.4, 0.5) is 21.2 Å². The molecule has 0 bridgehead atoms. The minimum Gasteiger partial charge on any atom is -0.870 e. The van der Waals surface area contributed by atoms with Crippen molar-refractivity contribution >= 4 is 79.2 Å². The second-order valence-corrected chi connectivity index (χ2v) is 21.9. The number of aromatic nitrogens is 6. The molecule has 4 amide bonds. The van der Waals surface area contributed by atoms with Gasteiger partial charge in [-0.1, -0.05) is 56.1 Å². The normalized spacial score (nSPS) is 15.3. The molecular weight excluding hydrogens is 1130 g/mol. The molecule has 22 nitrogen and oxygen atoms in total. The molecule has 6 aromatic rings. The van der Waals surface area contributed by atoms with Crippen LogP contribution in [0.5, 0.6) is 0 Å². The Bertz CT molecular complexity index is 2950. The predicted molar refractivity (Wildman–Crippen MR) is 293 cm³/mol. The van der Waals surface area contributed by atoms with Gasteiger partial charge < -0.3 is 42.4 Å². The predicted octanol–water partition coefficient (Wildman–Crippen LogP) is 7.00. The van der Waals surface area contributed by atoms with Crippen LogP contribution >= 0.6 is 31.9 Å². The topological polar surface area (TPSA) is 315 Å². The van der Waals surface area contributed by atoms with Gasteiger partial charge in [-0.3, -0.25) is 24.2 Å². The van der Waals surface area contributed by atoms with Crippen molar-refractivity contribution in [1.82, 2.24) is 39.1 Å². The molecule has 78 heavy (non-hydrogen) atoms. The molecule has 2 aliphatic rings. The Balaban J connectivity index is 0.000000280. The van der Waals surface area contributed by atoms with Crippen molar-refractivity contribution in [3.63, 3.8) is 0 Å². The summed E-state index contributed by atoms with van der Waals surface area (Å²) in [4.78, 5) is 96.9. The van der Waals surface area contributed by atoms with E-state index in [1.54, 1.807) is 116 Å². The number of Topliss-reactive ketones (excluding diaryl/α,β-unsaturated/α-hetero) is 1. The largest absolute Gasteiger partial charge is 1.00 e. The van der Waals surface area contributed by atoms with Crippen molar-refractivity contribution in [2.24, 2.45) is 0 Å². The molecule has 2 atom stereocenters. The van der Waals surface area contributed by atoms with Gasteiger partial charge in [0.05, 0.1) is 12.1 Å². The van der Waals surface area contributed by atoms with Gasteiger partial charge in [0, 0.05) is 63.6 Å². The number of rotatable bonds is 10. The minimum absolute atomic E-state index is 0. The van der Waals surface area contributed by atoms with Crippen molar-refractivity contribution in [1.29, 1.82) is 0 Å². The number of carbonyl (C=O) groups excluding carboxylic acids is 5. The van der Waals surface area contributed by atoms with Crippen LogP contribution in [0.15, 0.2) is 94.1 Å². The van der Waals surface area contributed by atoms with Gasteiger partial charge in [-0.2, -0.15) is 0 Å². The number of imidazole rings is 2. The first-order valence-electron chi connectivity index (χ1n) is 24.4. The number of hydrogen-bond donors (Lipinski definition) is 5. The third-order valence-electron chi connectivity index (χ3n) is 12.0. The molecule has 0 unspecified atom stereocenters. The van der Waals surface area contributed by atoms with Crippen LogP contribution in [-0.2, 0) is 9.47 Å². The van der Waals surface area contributed by atoms with E-state index in [2.05, 4.69) is 57.4 Å². The number of nitrogens with zero attached hydrogens (tertiary/aromatic N) is 8. The molecule has 2 aromatic carbocycles. The number of piperidine rings is 2. The monoisotopic (exact) mass is 1190 g/mol. The van der Waals surface area contributed by atoms with E-state index in [9.17, 15) is 33.9 Å². The van der Waals surface area contributed by atoms with Crippen molar-refractivity contribution in [3.8, 4) is 22.5 Å². The Hall–Kier alpha value is -7.10. The first-order chi connectivity index (χ1) is 35.9. The molecule has 2 saturated heterocycles. The summed E-state index contributed by atoms with van der Waals surface area (Å²) < 4.78 is 15.1. The van der Waals surface area contributed by atoms with Gasteiger partial charge in [0.15, 0.2) is 23.1 Å². The number of benzene rings is 2. The number of ether oxygens (including phenoxy) is 2. The SMILES string of the molecule is CC(=O)c1c(-c2ccc(C(=O)Nc3cc(Br)ccn3)cc2)nc([C@@H]2CCCCN2C(=O)OC(C)(C)C)n1N.CC(C)(C)OC(=O)N1CCCC[C@H]1c1nc(-c2ccc(C(=O)Nc3cc(Br)ccn3)cc2)c(C(=O)O)n1N.[Li+].[OH-]. The van der Waals surface area contributed by atoms with E-state index in [0.29, 0.717) is 71.3 Å². The van der Waals surface area contributed by atoms with E-state index in [1.165, 1.54) is 11.6 Å². The average Bonchev–Trinajstić information content (AvgIpc) is 3.90. The summed E-state index contributed by atoms with van der Waals surface area (Å²) in [5.41, 5.74) is 1.07. The maximum absolute atomic E-state index is 13.0. The van der Waals surface area contributed by atoms with E-state index >= 15 is 0 Å². The number of carboxylic acid groups (broad SMARTS) is 1. The molecule has 2 aliphatic heterocycles. The number of aromatic carboxylic acids is 1. The smallest absolute Gasteiger partial charge is 0.870 e. The van der Waals surface area contributed by atoms with Gasteiger partial charge in [-0.05, 0) is 129 Å². The van der Waals surface area contributed by atoms with Crippen molar-refractivity contribution in [2.45, 2.75) is 110 Å². The third-order valence-corrected chi connectivity index (χ3v) is 13.0. The van der Waals surface area contributed by atoms with E-state index in [4.69, 9.17) is 26.1 Å². The summed E-state index contributed by atoms with van der Waals surface area (Å²) in [6.45, 7) is 13.2. The number of ketones is 1. The Kier molecular flexibility index (Phi) is 20.6. The van der Waals surface area contributed by atoms with E-state index < -0.39 is 41.4 Å². The van der Waals surface area contributed by atoms with Crippen LogP contribution < -0.4 is 41.2 Å². The quantitative estimate of drug-likeness (QED) is 0.0524. The summed E-state index contributed by atoms with van der Waals surface area (Å²) in [6.07, 6.45) is 6.76. The average molecular weight is 1190 g/mol. The number of hydrogen-bond acceptors (Lipinski definition) is 15. The van der Waals surface area contributed by atoms with E-state index in [0.717, 1.165) is 39.3 Å². The number of halogens is 2. The minimum atomic E-state index is -1.26. The molecular formula is C53H61Br2LiN12O10. The number of likely N-dealkylation sites (tertiary alicyclic amines) is 2. The Morgan fingerprint density at radius 2 is 0.987 bits per heavy atom. The van der Waals surface area contributed by atoms with Gasteiger partial charge in [0.2, 0.25) is 0 Å². The number of nitrogen functional groups attached to an aromatic ring is 2. The molecule has 2 fully saturated rings. The fraction of sp³-hybridized carbons (Fsp3) is 0.358. The summed E-state index contributed by atoms with van der Waals surface area (Å²) in [7, 11) is 0. The number of nitrogens with two attached hydrogens (primary N) is 2. The Labute approximate surface area is 479 Å². The standard InChI is InChI=1S/C27H31BrN6O4.C26H29BrN6O5.Li.H2O/c1-16(35)23-22(17-8-10-18(11-9-17)25(36)31-21-15-19(28)12-13-30-21)32-24(34(23)29)20-7-5-6-14-33(20)26(37)38-27(2,3)4;1-26(2,3)38-25(37)32-13-5-4-6-18(32)22-31-20(21(24(35)36)33(22)28)15-7-9-16(10-8-15)23(34)30-19-14-17(27)11-12-29-19;;/h8-13,15,20H,5-7,14,29H2,1-4H3,(H,30,31,36);7-12,14,18H,4-6,13,28H2,1-3H3,(H,35,36)(H,29,30,34);;1H2/q;;+1;/p-1/t20-;18-;;/m00../s1. The first-order valence-corrected chi connectivity index (χ1v) is 26.0. The van der Waals surface area contributed by atoms with Gasteiger partial charge in [-0.25, -0.2) is 43.7 Å². The van der Waals surface area contributed by atoms with Crippen LogP contribution in [0.2, 0.25) is 0 Å². The number of carboxylic acids is 1. The molecule has 25 heteroatoms. The first kappa shape index (κ1) is 61.7. The maximum Gasteiger partial charge on any atom is 1.00 e. The van der Waals surface area contributed by atoms with Crippen LogP contribution in [0.3, 0.4) is 0 Å². The van der Waals surface area contributed by atoms with E-state index in [1.807, 2.05) is 20.8 Å². The molecule has 408 valence electrons. The van der Waals surface area contributed by atoms with Crippen LogP contribution in [0.25, 0.3) is 22.5 Å². The van der Waals surface area contributed by atoms with Gasteiger partial charge in [0.1, 0.15) is 39.9 Å². The van der Waals surface area contributed by atoms with E-state index in [-0.39, 0.29) is 64.8 Å². The summed E-state index contributed by atoms with van der Waals surface area (Å²) >= 11 is 6.69. The molecule has 6 heterocycles. The molecule has 0 aliphatic carbocycles. The van der Waals surface area contributed by atoms with Gasteiger partial charge in [0.25, 0.3) is 11.8 Å². The molecule has 0 saturated carbocycles. The summed E-state index contributed by atoms with van der Waals surface area (Å²) in [6, 6.07) is 19.0. The number of carbonyl (C=O) groups is 6. The number of pyridine rings is 2. The Morgan fingerprint density at radius 3 is 1.33 bits per heavy atom. The van der Waals surface area contributed by atoms with Crippen LogP contribution in [-0.4, -0.2) is 110 Å². The fourth-order valence-corrected chi connectivity index (χ4v) is 9.34. The molecule has 8 N–H and O–H groups in total.